The molecule has 1 fully saturated rings. The van der Waals surface area contributed by atoms with E-state index < -0.39 is 0 Å². The average molecular weight is 439 g/mol. The number of ketones is 1. The number of amides is 2. The van der Waals surface area contributed by atoms with Gasteiger partial charge in [-0.25, -0.2) is 0 Å². The van der Waals surface area contributed by atoms with Crippen molar-refractivity contribution < 1.29 is 14.4 Å². The van der Waals surface area contributed by atoms with Crippen LogP contribution in [0.4, 0.5) is 5.69 Å². The van der Waals surface area contributed by atoms with Gasteiger partial charge in [0.05, 0.1) is 11.3 Å². The van der Waals surface area contributed by atoms with Crippen LogP contribution < -0.4 is 10.6 Å². The molecule has 2 amide bonds. The maximum Gasteiger partial charge on any atom is 0.256 e. The van der Waals surface area contributed by atoms with E-state index in [9.17, 15) is 14.4 Å². The minimum Gasteiger partial charge on any atom is -0.353 e. The second kappa shape index (κ2) is 11.7. The predicted octanol–water partition coefficient (Wildman–Crippen LogP) is 5.46. The number of nitrogens with one attached hydrogen (secondary N) is 2. The lowest BCUT2D eigenvalue weighted by Crippen LogP contribution is -2.36. The van der Waals surface area contributed by atoms with E-state index in [0.29, 0.717) is 16.8 Å². The van der Waals surface area contributed by atoms with Crippen molar-refractivity contribution in [2.45, 2.75) is 62.8 Å². The Morgan fingerprint density at radius 3 is 2.39 bits per heavy atom. The summed E-state index contributed by atoms with van der Waals surface area (Å²) in [6.07, 6.45) is 8.24. The van der Waals surface area contributed by atoms with E-state index in [-0.39, 0.29) is 29.4 Å². The first-order valence-corrected chi connectivity index (χ1v) is 11.9. The van der Waals surface area contributed by atoms with Gasteiger partial charge in [-0.1, -0.05) is 56.4 Å². The maximum atomic E-state index is 12.8. The number of carbonyl (C=O) groups excluding carboxylic acids is 3. The van der Waals surface area contributed by atoms with Gasteiger partial charge in [-0.3, -0.25) is 14.4 Å². The predicted molar refractivity (Wildman–Crippen MR) is 126 cm³/mol. The molecular weight excluding hydrogens is 408 g/mol. The van der Waals surface area contributed by atoms with E-state index in [1.807, 2.05) is 12.1 Å². The Hall–Kier alpha value is -2.60. The van der Waals surface area contributed by atoms with Crippen LogP contribution in [0.1, 0.15) is 72.6 Å². The number of hydrogen-bond donors (Lipinski definition) is 2. The molecule has 0 heterocycles. The summed E-state index contributed by atoms with van der Waals surface area (Å²) in [5.74, 6) is -0.0211. The highest BCUT2D eigenvalue weighted by atomic mass is 32.2. The highest BCUT2D eigenvalue weighted by Gasteiger charge is 2.16. The molecule has 164 valence electrons. The molecule has 0 unspecified atom stereocenters. The molecule has 2 N–H and O–H groups in total. The van der Waals surface area contributed by atoms with E-state index in [4.69, 9.17) is 0 Å². The quantitative estimate of drug-likeness (QED) is 0.444. The molecule has 0 saturated heterocycles. The van der Waals surface area contributed by atoms with Crippen molar-refractivity contribution in [2.75, 3.05) is 11.1 Å². The Morgan fingerprint density at radius 1 is 0.935 bits per heavy atom. The first-order valence-electron chi connectivity index (χ1n) is 11.0. The van der Waals surface area contributed by atoms with Gasteiger partial charge in [0.15, 0.2) is 5.78 Å². The number of rotatable bonds is 7. The molecule has 0 aliphatic heterocycles. The molecule has 0 atom stereocenters. The van der Waals surface area contributed by atoms with Gasteiger partial charge in [-0.05, 0) is 44.0 Å². The summed E-state index contributed by atoms with van der Waals surface area (Å²) in [7, 11) is 0. The van der Waals surface area contributed by atoms with Gasteiger partial charge < -0.3 is 10.6 Å². The average Bonchev–Trinajstić information content (AvgIpc) is 2.74. The van der Waals surface area contributed by atoms with Gasteiger partial charge in [-0.15, -0.1) is 11.8 Å². The number of hydrogen-bond acceptors (Lipinski definition) is 4. The monoisotopic (exact) mass is 438 g/mol. The lowest BCUT2D eigenvalue weighted by Gasteiger charge is -2.21. The van der Waals surface area contributed by atoms with Crippen LogP contribution in [0.15, 0.2) is 53.4 Å². The lowest BCUT2D eigenvalue weighted by molar-refractivity contribution is -0.119. The van der Waals surface area contributed by atoms with Crippen LogP contribution in [0.25, 0.3) is 0 Å². The smallest absolute Gasteiger partial charge is 0.256 e. The van der Waals surface area contributed by atoms with Crippen LogP contribution in [0.3, 0.4) is 0 Å². The number of benzene rings is 2. The molecule has 1 saturated carbocycles. The SMILES string of the molecule is CC(=O)c1cccc(NC(=O)c2ccccc2SCC(=O)NC2CCCCCCC2)c1. The Bertz CT molecular complexity index is 920. The molecule has 1 aliphatic carbocycles. The van der Waals surface area contributed by atoms with Crippen molar-refractivity contribution in [3.05, 3.63) is 59.7 Å². The van der Waals surface area contributed by atoms with Crippen molar-refractivity contribution >= 4 is 35.0 Å². The topological polar surface area (TPSA) is 75.3 Å². The van der Waals surface area contributed by atoms with Crippen LogP contribution in [0, 0.1) is 0 Å². The van der Waals surface area contributed by atoms with Crippen LogP contribution in [0.2, 0.25) is 0 Å². The van der Waals surface area contributed by atoms with E-state index >= 15 is 0 Å². The summed E-state index contributed by atoms with van der Waals surface area (Å²) < 4.78 is 0. The zero-order valence-corrected chi connectivity index (χ0v) is 18.8. The Kier molecular flexibility index (Phi) is 8.71. The first kappa shape index (κ1) is 23.1. The van der Waals surface area contributed by atoms with Crippen LogP contribution in [0.5, 0.6) is 0 Å². The number of thioether (sulfide) groups is 1. The highest BCUT2D eigenvalue weighted by molar-refractivity contribution is 8.00. The third-order valence-electron chi connectivity index (χ3n) is 5.49. The molecule has 0 aromatic heterocycles. The molecule has 0 spiro atoms. The second-order valence-electron chi connectivity index (χ2n) is 7.99. The van der Waals surface area contributed by atoms with Gasteiger partial charge in [0.2, 0.25) is 5.91 Å². The zero-order chi connectivity index (χ0) is 22.1. The summed E-state index contributed by atoms with van der Waals surface area (Å²) >= 11 is 1.37. The maximum absolute atomic E-state index is 12.8. The fourth-order valence-electron chi connectivity index (χ4n) is 3.81. The minimum atomic E-state index is -0.260. The second-order valence-corrected chi connectivity index (χ2v) is 9.00. The largest absolute Gasteiger partial charge is 0.353 e. The number of Topliss-reactive ketones (excluding diaryl/α,β-unsaturated/α-hetero) is 1. The lowest BCUT2D eigenvalue weighted by atomic mass is 9.97. The normalized spacial score (nSPS) is 14.9. The zero-order valence-electron chi connectivity index (χ0n) is 18.0. The van der Waals surface area contributed by atoms with Crippen molar-refractivity contribution in [1.82, 2.24) is 5.32 Å². The molecule has 1 aliphatic rings. The number of anilines is 1. The Balaban J connectivity index is 1.59. The standard InChI is InChI=1S/C25H30N2O3S/c1-18(28)19-10-9-13-21(16-19)27-25(30)22-14-7-8-15-23(22)31-17-24(29)26-20-11-5-3-2-4-6-12-20/h7-10,13-16,20H,2-6,11-12,17H2,1H3,(H,26,29)(H,27,30). The van der Waals surface area contributed by atoms with Crippen molar-refractivity contribution in [3.8, 4) is 0 Å². The van der Waals surface area contributed by atoms with E-state index in [0.717, 1.165) is 17.7 Å². The van der Waals surface area contributed by atoms with Crippen LogP contribution >= 0.6 is 11.8 Å². The molecule has 2 aromatic carbocycles. The van der Waals surface area contributed by atoms with Crippen LogP contribution in [-0.2, 0) is 4.79 Å². The Labute approximate surface area is 188 Å². The molecule has 5 nitrogen and oxygen atoms in total. The van der Waals surface area contributed by atoms with Gasteiger partial charge in [-0.2, -0.15) is 0 Å². The van der Waals surface area contributed by atoms with Gasteiger partial charge >= 0.3 is 0 Å². The third-order valence-corrected chi connectivity index (χ3v) is 6.56. The fourth-order valence-corrected chi connectivity index (χ4v) is 4.67. The molecule has 3 rings (SSSR count). The first-order chi connectivity index (χ1) is 15.0. The molecule has 0 bridgehead atoms. The fraction of sp³-hybridized carbons (Fsp3) is 0.400. The molecule has 6 heteroatoms. The minimum absolute atomic E-state index is 0.0138. The Morgan fingerprint density at radius 2 is 1.65 bits per heavy atom. The molecule has 0 radical (unpaired) electrons. The van der Waals surface area contributed by atoms with Crippen molar-refractivity contribution in [2.24, 2.45) is 0 Å². The summed E-state index contributed by atoms with van der Waals surface area (Å²) in [6, 6.07) is 14.4. The van der Waals surface area contributed by atoms with E-state index in [1.165, 1.54) is 50.8 Å². The van der Waals surface area contributed by atoms with Gasteiger partial charge in [0, 0.05) is 22.2 Å². The number of carbonyl (C=O) groups is 3. The summed E-state index contributed by atoms with van der Waals surface area (Å²) in [4.78, 5) is 37.7. The molecular formula is C25H30N2O3S. The van der Waals surface area contributed by atoms with E-state index in [1.54, 1.807) is 36.4 Å². The van der Waals surface area contributed by atoms with Crippen LogP contribution in [-0.4, -0.2) is 29.4 Å². The highest BCUT2D eigenvalue weighted by Crippen LogP contribution is 2.24. The van der Waals surface area contributed by atoms with Gasteiger partial charge in [0.25, 0.3) is 5.91 Å². The van der Waals surface area contributed by atoms with Gasteiger partial charge in [0.1, 0.15) is 0 Å². The van der Waals surface area contributed by atoms with Crippen molar-refractivity contribution in [1.29, 1.82) is 0 Å². The van der Waals surface area contributed by atoms with Crippen molar-refractivity contribution in [3.63, 3.8) is 0 Å². The molecule has 2 aromatic rings. The summed E-state index contributed by atoms with van der Waals surface area (Å²) in [5, 5.41) is 6.02. The van der Waals surface area contributed by atoms with E-state index in [2.05, 4.69) is 10.6 Å². The summed E-state index contributed by atoms with van der Waals surface area (Å²) in [5.41, 5.74) is 1.63. The third kappa shape index (κ3) is 7.24. The summed E-state index contributed by atoms with van der Waals surface area (Å²) in [6.45, 7) is 1.49. The molecule has 31 heavy (non-hydrogen) atoms.